The van der Waals surface area contributed by atoms with Crippen LogP contribution in [-0.2, 0) is 0 Å². The number of hydrogen-bond acceptors (Lipinski definition) is 2. The minimum atomic E-state index is 0.892. The lowest BCUT2D eigenvalue weighted by Crippen LogP contribution is -1.97. The molecule has 7 aromatic carbocycles. The van der Waals surface area contributed by atoms with E-state index in [9.17, 15) is 0 Å². The van der Waals surface area contributed by atoms with Gasteiger partial charge in [0.05, 0.1) is 0 Å². The SMILES string of the molecule is c1ccc(-c2ccccc2-c2ccc3oc4ccccc4c3c2)c(-c2ccc3c(c2)-c2cccc4cccc(c24)O3)c1. The van der Waals surface area contributed by atoms with Gasteiger partial charge in [-0.2, -0.15) is 0 Å². The Bertz CT molecular complexity index is 2330. The van der Waals surface area contributed by atoms with E-state index in [1.807, 2.05) is 12.1 Å². The van der Waals surface area contributed by atoms with E-state index < -0.39 is 0 Å². The highest BCUT2D eigenvalue weighted by Gasteiger charge is 2.21. The molecule has 196 valence electrons. The number of hydrogen-bond donors (Lipinski definition) is 0. The van der Waals surface area contributed by atoms with Crippen LogP contribution in [0.1, 0.15) is 0 Å². The molecule has 2 heteroatoms. The molecule has 9 rings (SSSR count). The molecule has 2 nitrogen and oxygen atoms in total. The number of benzene rings is 7. The molecule has 8 aromatic rings. The van der Waals surface area contributed by atoms with Crippen molar-refractivity contribution in [2.24, 2.45) is 0 Å². The maximum Gasteiger partial charge on any atom is 0.135 e. The Morgan fingerprint density at radius 2 is 0.976 bits per heavy atom. The summed E-state index contributed by atoms with van der Waals surface area (Å²) in [5.41, 5.74) is 11.3. The first-order valence-electron chi connectivity index (χ1n) is 14.3. The van der Waals surface area contributed by atoms with E-state index in [4.69, 9.17) is 9.15 Å². The molecule has 0 bridgehead atoms. The highest BCUT2D eigenvalue weighted by molar-refractivity contribution is 6.07. The van der Waals surface area contributed by atoms with E-state index >= 15 is 0 Å². The second-order valence-electron chi connectivity index (χ2n) is 10.9. The molecule has 42 heavy (non-hydrogen) atoms. The highest BCUT2D eigenvalue weighted by atomic mass is 16.5. The molecule has 0 amide bonds. The second kappa shape index (κ2) is 8.95. The number of furan rings is 1. The summed E-state index contributed by atoms with van der Waals surface area (Å²) >= 11 is 0. The molecule has 0 spiro atoms. The Labute approximate surface area is 243 Å². The molecular weight excluding hydrogens is 512 g/mol. The number of fused-ring (bicyclic) bond motifs is 5. The minimum absolute atomic E-state index is 0.892. The Hall–Kier alpha value is -5.60. The lowest BCUT2D eigenvalue weighted by molar-refractivity contribution is 0.487. The largest absolute Gasteiger partial charge is 0.456 e. The number of rotatable bonds is 3. The Morgan fingerprint density at radius 1 is 0.357 bits per heavy atom. The first-order chi connectivity index (χ1) is 20.8. The average Bonchev–Trinajstić information content (AvgIpc) is 3.43. The Morgan fingerprint density at radius 3 is 1.79 bits per heavy atom. The summed E-state index contributed by atoms with van der Waals surface area (Å²) < 4.78 is 12.5. The molecule has 2 heterocycles. The molecule has 1 aliphatic heterocycles. The quantitative estimate of drug-likeness (QED) is 0.224. The fraction of sp³-hybridized carbons (Fsp3) is 0. The molecule has 1 aromatic heterocycles. The standard InChI is InChI=1S/C40H24O2/c1-3-13-30(28(11-1)26-19-21-37-34(23-26)32-15-5-6-17-36(32)41-37)31-14-4-2-12-29(31)27-20-22-38-35(24-27)33-16-7-9-25-10-8-18-39(42-38)40(25)33/h1-24H. The molecular formula is C40H24O2. The van der Waals surface area contributed by atoms with Crippen molar-refractivity contribution in [2.45, 2.75) is 0 Å². The maximum absolute atomic E-state index is 6.38. The molecule has 0 N–H and O–H groups in total. The number of ether oxygens (including phenoxy) is 1. The van der Waals surface area contributed by atoms with Crippen LogP contribution in [0.15, 0.2) is 150 Å². The van der Waals surface area contributed by atoms with Gasteiger partial charge in [0.2, 0.25) is 0 Å². The summed E-state index contributed by atoms with van der Waals surface area (Å²) in [6, 6.07) is 51.5. The van der Waals surface area contributed by atoms with Crippen molar-refractivity contribution in [3.05, 3.63) is 146 Å². The van der Waals surface area contributed by atoms with Gasteiger partial charge in [0.1, 0.15) is 22.7 Å². The van der Waals surface area contributed by atoms with E-state index in [1.54, 1.807) is 0 Å². The lowest BCUT2D eigenvalue weighted by atomic mass is 9.87. The van der Waals surface area contributed by atoms with Crippen molar-refractivity contribution in [1.82, 2.24) is 0 Å². The van der Waals surface area contributed by atoms with Crippen molar-refractivity contribution in [3.63, 3.8) is 0 Å². The fourth-order valence-corrected chi connectivity index (χ4v) is 6.56. The first-order valence-corrected chi connectivity index (χ1v) is 14.3. The van der Waals surface area contributed by atoms with E-state index in [1.165, 1.54) is 44.2 Å². The lowest BCUT2D eigenvalue weighted by Gasteiger charge is -2.22. The molecule has 0 atom stereocenters. The van der Waals surface area contributed by atoms with Crippen molar-refractivity contribution in [3.8, 4) is 56.0 Å². The highest BCUT2D eigenvalue weighted by Crippen LogP contribution is 2.48. The predicted molar refractivity (Wildman–Crippen MR) is 173 cm³/mol. The summed E-state index contributed by atoms with van der Waals surface area (Å²) in [4.78, 5) is 0. The van der Waals surface area contributed by atoms with Crippen molar-refractivity contribution in [1.29, 1.82) is 0 Å². The van der Waals surface area contributed by atoms with Crippen molar-refractivity contribution < 1.29 is 9.15 Å². The van der Waals surface area contributed by atoms with Gasteiger partial charge in [-0.25, -0.2) is 0 Å². The van der Waals surface area contributed by atoms with Crippen LogP contribution in [0.2, 0.25) is 0 Å². The van der Waals surface area contributed by atoms with Gasteiger partial charge in [0.15, 0.2) is 0 Å². The summed E-state index contributed by atoms with van der Waals surface area (Å²) in [6.07, 6.45) is 0. The van der Waals surface area contributed by atoms with Gasteiger partial charge in [0, 0.05) is 21.7 Å². The third kappa shape index (κ3) is 3.45. The van der Waals surface area contributed by atoms with Crippen LogP contribution in [0, 0.1) is 0 Å². The first kappa shape index (κ1) is 23.1. The maximum atomic E-state index is 6.38. The van der Waals surface area contributed by atoms with Crippen LogP contribution in [0.3, 0.4) is 0 Å². The van der Waals surface area contributed by atoms with Gasteiger partial charge < -0.3 is 9.15 Å². The van der Waals surface area contributed by atoms with Crippen LogP contribution in [0.25, 0.3) is 77.2 Å². The Balaban J connectivity index is 1.21. The molecule has 0 unspecified atom stereocenters. The van der Waals surface area contributed by atoms with Gasteiger partial charge in [-0.15, -0.1) is 0 Å². The topological polar surface area (TPSA) is 22.4 Å². The summed E-state index contributed by atoms with van der Waals surface area (Å²) in [5, 5.41) is 4.64. The van der Waals surface area contributed by atoms with E-state index in [0.29, 0.717) is 0 Å². The Kier molecular flexibility index (Phi) is 4.93. The fourth-order valence-electron chi connectivity index (χ4n) is 6.56. The minimum Gasteiger partial charge on any atom is -0.456 e. The summed E-state index contributed by atoms with van der Waals surface area (Å²) in [5.74, 6) is 1.81. The zero-order valence-electron chi connectivity index (χ0n) is 22.7. The predicted octanol–water partition coefficient (Wildman–Crippen LogP) is 11.5. The van der Waals surface area contributed by atoms with Crippen molar-refractivity contribution in [2.75, 3.05) is 0 Å². The molecule has 0 saturated carbocycles. The van der Waals surface area contributed by atoms with Crippen LogP contribution in [0.4, 0.5) is 0 Å². The third-order valence-corrected chi connectivity index (χ3v) is 8.50. The second-order valence-corrected chi connectivity index (χ2v) is 10.9. The number of para-hydroxylation sites is 1. The third-order valence-electron chi connectivity index (χ3n) is 8.50. The van der Waals surface area contributed by atoms with Crippen LogP contribution in [-0.4, -0.2) is 0 Å². The van der Waals surface area contributed by atoms with Gasteiger partial charge in [-0.05, 0) is 80.7 Å². The normalized spacial score (nSPS) is 12.0. The van der Waals surface area contributed by atoms with E-state index in [2.05, 4.69) is 133 Å². The molecule has 0 aliphatic carbocycles. The molecule has 0 radical (unpaired) electrons. The van der Waals surface area contributed by atoms with Crippen LogP contribution < -0.4 is 4.74 Å². The van der Waals surface area contributed by atoms with Crippen molar-refractivity contribution >= 4 is 32.7 Å². The summed E-state index contributed by atoms with van der Waals surface area (Å²) in [6.45, 7) is 0. The van der Waals surface area contributed by atoms with Crippen LogP contribution in [0.5, 0.6) is 11.5 Å². The summed E-state index contributed by atoms with van der Waals surface area (Å²) in [7, 11) is 0. The van der Waals surface area contributed by atoms with Gasteiger partial charge in [-0.1, -0.05) is 109 Å². The van der Waals surface area contributed by atoms with Gasteiger partial charge in [-0.3, -0.25) is 0 Å². The zero-order chi connectivity index (χ0) is 27.6. The van der Waals surface area contributed by atoms with Gasteiger partial charge >= 0.3 is 0 Å². The monoisotopic (exact) mass is 536 g/mol. The molecule has 0 fully saturated rings. The smallest absolute Gasteiger partial charge is 0.135 e. The molecule has 0 saturated heterocycles. The zero-order valence-corrected chi connectivity index (χ0v) is 22.7. The van der Waals surface area contributed by atoms with E-state index in [-0.39, 0.29) is 0 Å². The molecule has 1 aliphatic rings. The average molecular weight is 537 g/mol. The van der Waals surface area contributed by atoms with Gasteiger partial charge in [0.25, 0.3) is 0 Å². The van der Waals surface area contributed by atoms with E-state index in [0.717, 1.165) is 44.6 Å². The van der Waals surface area contributed by atoms with Crippen LogP contribution >= 0.6 is 0 Å².